The van der Waals surface area contributed by atoms with Crippen LogP contribution in [0.1, 0.15) is 22.8 Å². The molecule has 1 heterocycles. The predicted molar refractivity (Wildman–Crippen MR) is 90.3 cm³/mol. The van der Waals surface area contributed by atoms with Crippen molar-refractivity contribution in [1.29, 1.82) is 0 Å². The Kier molecular flexibility index (Phi) is 4.08. The van der Waals surface area contributed by atoms with Crippen molar-refractivity contribution in [3.63, 3.8) is 0 Å². The van der Waals surface area contributed by atoms with E-state index in [1.54, 1.807) is 38.1 Å². The molecule has 0 unspecified atom stereocenters. The van der Waals surface area contributed by atoms with E-state index in [1.807, 2.05) is 0 Å². The largest absolute Gasteiger partial charge is 0.508 e. The number of carbonyl (C=O) groups is 1. The third kappa shape index (κ3) is 2.65. The minimum atomic E-state index is -0.440. The van der Waals surface area contributed by atoms with Gasteiger partial charge in [-0.15, -0.1) is 0 Å². The zero-order chi connectivity index (χ0) is 17.3. The van der Waals surface area contributed by atoms with E-state index in [1.165, 1.54) is 18.4 Å². The molecule has 3 rings (SSSR count). The molecule has 0 saturated carbocycles. The fraction of sp³-hybridized carbons (Fsp3) is 0.158. The van der Waals surface area contributed by atoms with Crippen LogP contribution in [0.3, 0.4) is 0 Å². The summed E-state index contributed by atoms with van der Waals surface area (Å²) in [6.45, 7) is 3.70. The second-order valence-electron chi connectivity index (χ2n) is 5.37. The number of ether oxygens (including phenoxy) is 1. The maximum atomic E-state index is 12.7. The van der Waals surface area contributed by atoms with Crippen molar-refractivity contribution in [1.82, 2.24) is 0 Å². The standard InChI is InChI=1S/C19H16O5/c1-3-23-19(22)13-6-4-5-12(9-13)15-10-24-18-11(2)16(20)8-7-14(18)17(15)21/h4-10,20H,3H2,1-2H3. The van der Waals surface area contributed by atoms with Crippen molar-refractivity contribution in [2.75, 3.05) is 6.61 Å². The first-order chi connectivity index (χ1) is 11.5. The monoisotopic (exact) mass is 324 g/mol. The Bertz CT molecular complexity index is 985. The number of fused-ring (bicyclic) bond motifs is 1. The molecule has 1 N–H and O–H groups in total. The summed E-state index contributed by atoms with van der Waals surface area (Å²) in [5, 5.41) is 10.1. The van der Waals surface area contributed by atoms with Crippen molar-refractivity contribution in [2.45, 2.75) is 13.8 Å². The van der Waals surface area contributed by atoms with Crippen LogP contribution >= 0.6 is 0 Å². The molecule has 0 fully saturated rings. The van der Waals surface area contributed by atoms with E-state index in [0.29, 0.717) is 33.2 Å². The van der Waals surface area contributed by atoms with Crippen molar-refractivity contribution >= 4 is 16.9 Å². The topological polar surface area (TPSA) is 76.7 Å². The van der Waals surface area contributed by atoms with Crippen molar-refractivity contribution in [3.8, 4) is 16.9 Å². The summed E-state index contributed by atoms with van der Waals surface area (Å²) >= 11 is 0. The molecular weight excluding hydrogens is 308 g/mol. The number of aromatic hydroxyl groups is 1. The Balaban J connectivity index is 2.16. The molecule has 0 aliphatic rings. The quantitative estimate of drug-likeness (QED) is 0.744. The molecule has 0 atom stereocenters. The highest BCUT2D eigenvalue weighted by molar-refractivity contribution is 5.91. The Morgan fingerprint density at radius 2 is 2.04 bits per heavy atom. The van der Waals surface area contributed by atoms with Crippen LogP contribution in [0.15, 0.2) is 51.9 Å². The van der Waals surface area contributed by atoms with E-state index in [2.05, 4.69) is 0 Å². The molecular formula is C19H16O5. The number of phenols is 1. The molecule has 0 aliphatic heterocycles. The summed E-state index contributed by atoms with van der Waals surface area (Å²) in [7, 11) is 0. The first-order valence-corrected chi connectivity index (χ1v) is 7.54. The van der Waals surface area contributed by atoms with Gasteiger partial charge in [-0.25, -0.2) is 4.79 Å². The predicted octanol–water partition coefficient (Wildman–Crippen LogP) is 3.65. The van der Waals surface area contributed by atoms with Crippen LogP contribution in [-0.4, -0.2) is 17.7 Å². The van der Waals surface area contributed by atoms with Crippen LogP contribution in [0, 0.1) is 6.92 Å². The third-order valence-electron chi connectivity index (χ3n) is 3.85. The van der Waals surface area contributed by atoms with Crippen molar-refractivity contribution in [2.24, 2.45) is 0 Å². The van der Waals surface area contributed by atoms with Gasteiger partial charge in [-0.1, -0.05) is 12.1 Å². The Morgan fingerprint density at radius 1 is 1.25 bits per heavy atom. The maximum Gasteiger partial charge on any atom is 0.338 e. The molecule has 5 nitrogen and oxygen atoms in total. The van der Waals surface area contributed by atoms with Crippen molar-refractivity contribution < 1.29 is 19.1 Å². The smallest absolute Gasteiger partial charge is 0.338 e. The molecule has 0 spiro atoms. The third-order valence-corrected chi connectivity index (χ3v) is 3.85. The van der Waals surface area contributed by atoms with Crippen LogP contribution in [0.25, 0.3) is 22.1 Å². The zero-order valence-corrected chi connectivity index (χ0v) is 13.3. The lowest BCUT2D eigenvalue weighted by Crippen LogP contribution is -2.07. The summed E-state index contributed by atoms with van der Waals surface area (Å²) in [5.41, 5.74) is 1.93. The number of hydrogen-bond donors (Lipinski definition) is 1. The van der Waals surface area contributed by atoms with Gasteiger partial charge in [-0.05, 0) is 43.7 Å². The zero-order valence-electron chi connectivity index (χ0n) is 13.3. The average Bonchev–Trinajstić information content (AvgIpc) is 2.59. The van der Waals surface area contributed by atoms with Gasteiger partial charge in [0.25, 0.3) is 0 Å². The molecule has 1 aromatic heterocycles. The molecule has 0 saturated heterocycles. The molecule has 0 amide bonds. The van der Waals surface area contributed by atoms with Crippen LogP contribution in [0.2, 0.25) is 0 Å². The SMILES string of the molecule is CCOC(=O)c1cccc(-c2coc3c(C)c(O)ccc3c2=O)c1. The first kappa shape index (κ1) is 15.8. The Morgan fingerprint density at radius 3 is 2.79 bits per heavy atom. The molecule has 0 radical (unpaired) electrons. The summed E-state index contributed by atoms with van der Waals surface area (Å²) in [4.78, 5) is 24.6. The average molecular weight is 324 g/mol. The number of carbonyl (C=O) groups excluding carboxylic acids is 1. The van der Waals surface area contributed by atoms with Crippen LogP contribution < -0.4 is 5.43 Å². The number of rotatable bonds is 3. The summed E-state index contributed by atoms with van der Waals surface area (Å²) in [6, 6.07) is 9.65. The number of esters is 1. The summed E-state index contributed by atoms with van der Waals surface area (Å²) in [5.74, 6) is -0.368. The van der Waals surface area contributed by atoms with Gasteiger partial charge >= 0.3 is 5.97 Å². The summed E-state index contributed by atoms with van der Waals surface area (Å²) in [6.07, 6.45) is 1.35. The van der Waals surface area contributed by atoms with Gasteiger partial charge in [0.15, 0.2) is 0 Å². The van der Waals surface area contributed by atoms with E-state index in [0.717, 1.165) is 0 Å². The number of phenolic OH excluding ortho intramolecular Hbond substituents is 1. The number of aryl methyl sites for hydroxylation is 1. The summed E-state index contributed by atoms with van der Waals surface area (Å²) < 4.78 is 10.5. The molecule has 24 heavy (non-hydrogen) atoms. The fourth-order valence-corrected chi connectivity index (χ4v) is 2.56. The van der Waals surface area contributed by atoms with Gasteiger partial charge in [0, 0.05) is 5.56 Å². The van der Waals surface area contributed by atoms with Gasteiger partial charge in [0.05, 0.1) is 23.1 Å². The molecule has 5 heteroatoms. The van der Waals surface area contributed by atoms with Gasteiger partial charge in [0.2, 0.25) is 5.43 Å². The van der Waals surface area contributed by atoms with E-state index < -0.39 is 5.97 Å². The lowest BCUT2D eigenvalue weighted by molar-refractivity contribution is 0.0526. The lowest BCUT2D eigenvalue weighted by Gasteiger charge is -2.07. The minimum absolute atomic E-state index is 0.0720. The van der Waals surface area contributed by atoms with Crippen LogP contribution in [0.5, 0.6) is 5.75 Å². The second-order valence-corrected chi connectivity index (χ2v) is 5.37. The van der Waals surface area contributed by atoms with Crippen molar-refractivity contribution in [3.05, 3.63) is 64.0 Å². The van der Waals surface area contributed by atoms with Gasteiger partial charge in [-0.2, -0.15) is 0 Å². The van der Waals surface area contributed by atoms with E-state index in [9.17, 15) is 14.7 Å². The number of hydrogen-bond acceptors (Lipinski definition) is 5. The molecule has 122 valence electrons. The van der Waals surface area contributed by atoms with Gasteiger partial charge < -0.3 is 14.3 Å². The maximum absolute atomic E-state index is 12.7. The minimum Gasteiger partial charge on any atom is -0.508 e. The fourth-order valence-electron chi connectivity index (χ4n) is 2.56. The van der Waals surface area contributed by atoms with E-state index >= 15 is 0 Å². The second kappa shape index (κ2) is 6.20. The normalized spacial score (nSPS) is 10.8. The van der Waals surface area contributed by atoms with Gasteiger partial charge in [0.1, 0.15) is 17.6 Å². The molecule has 0 bridgehead atoms. The van der Waals surface area contributed by atoms with E-state index in [4.69, 9.17) is 9.15 Å². The molecule has 0 aliphatic carbocycles. The van der Waals surface area contributed by atoms with Crippen LogP contribution in [-0.2, 0) is 4.74 Å². The van der Waals surface area contributed by atoms with E-state index in [-0.39, 0.29) is 17.8 Å². The highest BCUT2D eigenvalue weighted by Gasteiger charge is 2.14. The first-order valence-electron chi connectivity index (χ1n) is 7.54. The van der Waals surface area contributed by atoms with Crippen LogP contribution in [0.4, 0.5) is 0 Å². The molecule has 2 aromatic carbocycles. The Hall–Kier alpha value is -3.08. The van der Waals surface area contributed by atoms with Gasteiger partial charge in [-0.3, -0.25) is 4.79 Å². The highest BCUT2D eigenvalue weighted by atomic mass is 16.5. The number of benzene rings is 2. The lowest BCUT2D eigenvalue weighted by atomic mass is 10.0. The molecule has 3 aromatic rings. The highest BCUT2D eigenvalue weighted by Crippen LogP contribution is 2.27. The Labute approximate surface area is 138 Å².